The van der Waals surface area contributed by atoms with Gasteiger partial charge in [0.05, 0.1) is 0 Å². The molecule has 0 radical (unpaired) electrons. The molecule has 2 saturated heterocycles. The normalized spacial score (nSPS) is 41.2. The Labute approximate surface area is 107 Å². The van der Waals surface area contributed by atoms with Gasteiger partial charge in [0.15, 0.2) is 0 Å². The number of carbonyl (C=O) groups excluding carboxylic acids is 1. The van der Waals surface area contributed by atoms with E-state index >= 15 is 0 Å². The van der Waals surface area contributed by atoms with Crippen LogP contribution in [0.5, 0.6) is 0 Å². The van der Waals surface area contributed by atoms with E-state index in [2.05, 4.69) is 26.0 Å². The quantitative estimate of drug-likeness (QED) is 0.535. The Morgan fingerprint density at radius 3 is 2.19 bits per heavy atom. The first-order chi connectivity index (χ1) is 7.49. The molecule has 3 nitrogen and oxygen atoms in total. The van der Waals surface area contributed by atoms with E-state index in [-0.39, 0.29) is 24.4 Å². The predicted molar refractivity (Wildman–Crippen MR) is 62.3 cm³/mol. The van der Waals surface area contributed by atoms with Crippen LogP contribution in [0, 0.1) is 5.92 Å². The number of rotatable bonds is 1. The van der Waals surface area contributed by atoms with Gasteiger partial charge in [-0.15, -0.1) is 0 Å². The first-order valence-electron chi connectivity index (χ1n) is 5.60. The van der Waals surface area contributed by atoms with Gasteiger partial charge in [0, 0.05) is 54.5 Å². The van der Waals surface area contributed by atoms with Gasteiger partial charge >= 0.3 is 0 Å². The standard InChI is InChI=1S/C10H13F2IN2O/c11-10(12)3-8(10)9(16)15-6-1-2-7(15)5-14(13)4-6/h6-8H,1-5H2. The molecule has 2 aliphatic heterocycles. The molecule has 0 spiro atoms. The van der Waals surface area contributed by atoms with E-state index < -0.39 is 11.8 Å². The van der Waals surface area contributed by atoms with Gasteiger partial charge in [-0.1, -0.05) is 0 Å². The van der Waals surface area contributed by atoms with Crippen LogP contribution in [0.1, 0.15) is 19.3 Å². The van der Waals surface area contributed by atoms with Crippen molar-refractivity contribution in [2.75, 3.05) is 13.1 Å². The van der Waals surface area contributed by atoms with Crippen LogP contribution in [-0.4, -0.2) is 45.0 Å². The van der Waals surface area contributed by atoms with Crippen molar-refractivity contribution in [3.63, 3.8) is 0 Å². The first kappa shape index (κ1) is 11.1. The number of hydrogen-bond acceptors (Lipinski definition) is 2. The highest BCUT2D eigenvalue weighted by atomic mass is 127. The lowest BCUT2D eigenvalue weighted by atomic mass is 10.2. The monoisotopic (exact) mass is 342 g/mol. The van der Waals surface area contributed by atoms with Crippen LogP contribution in [0.4, 0.5) is 8.78 Å². The van der Waals surface area contributed by atoms with Crippen molar-refractivity contribution < 1.29 is 13.6 Å². The van der Waals surface area contributed by atoms with E-state index in [0.717, 1.165) is 25.9 Å². The average molecular weight is 342 g/mol. The van der Waals surface area contributed by atoms with Crippen molar-refractivity contribution in [3.8, 4) is 0 Å². The molecule has 3 unspecified atom stereocenters. The zero-order chi connectivity index (χ0) is 11.5. The van der Waals surface area contributed by atoms with Crippen LogP contribution in [0.3, 0.4) is 0 Å². The molecule has 1 saturated carbocycles. The molecule has 6 heteroatoms. The van der Waals surface area contributed by atoms with Gasteiger partial charge in [0.2, 0.25) is 5.91 Å². The maximum atomic E-state index is 12.9. The average Bonchev–Trinajstić information content (AvgIpc) is 2.74. The zero-order valence-corrected chi connectivity index (χ0v) is 10.9. The topological polar surface area (TPSA) is 23.6 Å². The molecule has 2 heterocycles. The van der Waals surface area contributed by atoms with Crippen LogP contribution in [-0.2, 0) is 4.79 Å². The minimum absolute atomic E-state index is 0.166. The summed E-state index contributed by atoms with van der Waals surface area (Å²) in [6.07, 6.45) is 1.69. The molecular formula is C10H13F2IN2O. The molecule has 90 valence electrons. The summed E-state index contributed by atoms with van der Waals surface area (Å²) in [5, 5.41) is 0. The van der Waals surface area contributed by atoms with Crippen molar-refractivity contribution in [3.05, 3.63) is 0 Å². The van der Waals surface area contributed by atoms with Gasteiger partial charge in [-0.25, -0.2) is 11.9 Å². The number of halogens is 3. The highest BCUT2D eigenvalue weighted by Gasteiger charge is 2.63. The van der Waals surface area contributed by atoms with Crippen molar-refractivity contribution in [2.45, 2.75) is 37.3 Å². The Kier molecular flexibility index (Phi) is 2.44. The molecular weight excluding hydrogens is 329 g/mol. The van der Waals surface area contributed by atoms with Gasteiger partial charge in [-0.2, -0.15) is 0 Å². The van der Waals surface area contributed by atoms with Gasteiger partial charge in [0.1, 0.15) is 5.92 Å². The predicted octanol–water partition coefficient (Wildman–Crippen LogP) is 1.67. The summed E-state index contributed by atoms with van der Waals surface area (Å²) in [5.74, 6) is -4.05. The summed E-state index contributed by atoms with van der Waals surface area (Å²) in [7, 11) is 0. The molecule has 3 atom stereocenters. The third-order valence-electron chi connectivity index (χ3n) is 3.82. The summed E-state index contributed by atoms with van der Waals surface area (Å²) >= 11 is 2.25. The highest BCUT2D eigenvalue weighted by Crippen LogP contribution is 2.51. The SMILES string of the molecule is O=C(C1CC1(F)F)N1C2CCC1CN(I)C2. The molecule has 16 heavy (non-hydrogen) atoms. The summed E-state index contributed by atoms with van der Waals surface area (Å²) < 4.78 is 27.9. The fourth-order valence-electron chi connectivity index (χ4n) is 2.87. The number of nitrogens with zero attached hydrogens (tertiary/aromatic N) is 2. The summed E-state index contributed by atoms with van der Waals surface area (Å²) in [6, 6.07) is 0.332. The number of carbonyl (C=O) groups is 1. The fourth-order valence-corrected chi connectivity index (χ4v) is 3.78. The highest BCUT2D eigenvalue weighted by molar-refractivity contribution is 14.1. The van der Waals surface area contributed by atoms with Crippen LogP contribution in [0.25, 0.3) is 0 Å². The van der Waals surface area contributed by atoms with E-state index in [9.17, 15) is 13.6 Å². The Morgan fingerprint density at radius 2 is 1.75 bits per heavy atom. The molecule has 0 aromatic carbocycles. The number of fused-ring (bicyclic) bond motifs is 2. The van der Waals surface area contributed by atoms with E-state index in [1.807, 2.05) is 0 Å². The van der Waals surface area contributed by atoms with Crippen LogP contribution in [0.15, 0.2) is 0 Å². The maximum absolute atomic E-state index is 12.9. The fraction of sp³-hybridized carbons (Fsp3) is 0.900. The maximum Gasteiger partial charge on any atom is 0.260 e. The smallest absolute Gasteiger partial charge is 0.260 e. The summed E-state index contributed by atoms with van der Waals surface area (Å²) in [6.45, 7) is 1.64. The number of hydrogen-bond donors (Lipinski definition) is 0. The summed E-state index contributed by atoms with van der Waals surface area (Å²) in [4.78, 5) is 13.7. The van der Waals surface area contributed by atoms with E-state index in [1.165, 1.54) is 0 Å². The number of alkyl halides is 2. The molecule has 1 amide bonds. The van der Waals surface area contributed by atoms with Crippen molar-refractivity contribution >= 4 is 28.8 Å². The second-order valence-electron chi connectivity index (χ2n) is 4.98. The van der Waals surface area contributed by atoms with E-state index in [0.29, 0.717) is 0 Å². The number of piperazine rings is 1. The molecule has 2 bridgehead atoms. The summed E-state index contributed by atoms with van der Waals surface area (Å²) in [5.41, 5.74) is 0. The Bertz CT molecular complexity index is 325. The Hall–Kier alpha value is 0.0200. The second-order valence-corrected chi connectivity index (χ2v) is 6.34. The molecule has 0 N–H and O–H groups in total. The largest absolute Gasteiger partial charge is 0.334 e. The Morgan fingerprint density at radius 1 is 1.25 bits per heavy atom. The number of amides is 1. The minimum Gasteiger partial charge on any atom is -0.334 e. The second kappa shape index (κ2) is 3.51. The van der Waals surface area contributed by atoms with Crippen LogP contribution in [0.2, 0.25) is 0 Å². The Balaban J connectivity index is 1.74. The molecule has 0 aromatic rings. The third-order valence-corrected chi connectivity index (χ3v) is 4.60. The van der Waals surface area contributed by atoms with Gasteiger partial charge in [0.25, 0.3) is 5.92 Å². The lowest BCUT2D eigenvalue weighted by molar-refractivity contribution is -0.139. The molecule has 3 rings (SSSR count). The van der Waals surface area contributed by atoms with E-state index in [1.54, 1.807) is 4.90 Å². The molecule has 3 aliphatic rings. The van der Waals surface area contributed by atoms with Crippen LogP contribution < -0.4 is 0 Å². The van der Waals surface area contributed by atoms with Crippen molar-refractivity contribution in [2.24, 2.45) is 5.92 Å². The molecule has 1 aliphatic carbocycles. The zero-order valence-electron chi connectivity index (χ0n) is 8.70. The first-order valence-corrected chi connectivity index (χ1v) is 6.56. The minimum atomic E-state index is -2.72. The van der Waals surface area contributed by atoms with Gasteiger partial charge < -0.3 is 4.90 Å². The lowest BCUT2D eigenvalue weighted by Crippen LogP contribution is -2.53. The van der Waals surface area contributed by atoms with Crippen molar-refractivity contribution in [1.29, 1.82) is 0 Å². The van der Waals surface area contributed by atoms with Gasteiger partial charge in [-0.3, -0.25) is 4.79 Å². The lowest BCUT2D eigenvalue weighted by Gasteiger charge is -2.38. The molecule has 0 aromatic heterocycles. The van der Waals surface area contributed by atoms with Gasteiger partial charge in [-0.05, 0) is 12.8 Å². The molecule has 3 fully saturated rings. The van der Waals surface area contributed by atoms with Crippen molar-refractivity contribution in [1.82, 2.24) is 8.01 Å². The van der Waals surface area contributed by atoms with E-state index in [4.69, 9.17) is 0 Å². The van der Waals surface area contributed by atoms with Crippen LogP contribution >= 0.6 is 22.9 Å². The third kappa shape index (κ3) is 1.64.